The molecule has 0 aliphatic carbocycles. The first-order valence-electron chi connectivity index (χ1n) is 5.12. The van der Waals surface area contributed by atoms with Crippen molar-refractivity contribution < 1.29 is 4.74 Å². The highest BCUT2D eigenvalue weighted by atomic mass is 16.5. The average Bonchev–Trinajstić information content (AvgIpc) is 2.32. The summed E-state index contributed by atoms with van der Waals surface area (Å²) in [5.74, 6) is 0.632. The maximum atomic E-state index is 11.1. The molecule has 1 aromatic carbocycles. The van der Waals surface area contributed by atoms with Crippen LogP contribution in [0.2, 0.25) is 0 Å². The number of aromatic nitrogens is 1. The maximum Gasteiger partial charge on any atom is 0.251 e. The Kier molecular flexibility index (Phi) is 3.05. The van der Waals surface area contributed by atoms with Crippen molar-refractivity contribution in [3.8, 4) is 5.75 Å². The molecular formula is C13H13NO2. The number of rotatable bonds is 3. The summed E-state index contributed by atoms with van der Waals surface area (Å²) in [5, 5.41) is 0. The molecule has 0 saturated carbocycles. The quantitative estimate of drug-likeness (QED) is 0.853. The molecule has 2 aromatic rings. The van der Waals surface area contributed by atoms with Gasteiger partial charge >= 0.3 is 0 Å². The molecule has 0 aliphatic rings. The van der Waals surface area contributed by atoms with Crippen molar-refractivity contribution in [2.24, 2.45) is 0 Å². The van der Waals surface area contributed by atoms with Gasteiger partial charge in [0.25, 0.3) is 5.56 Å². The lowest BCUT2D eigenvalue weighted by atomic mass is 10.2. The molecule has 0 aliphatic heterocycles. The van der Waals surface area contributed by atoms with Crippen LogP contribution in [0.1, 0.15) is 11.1 Å². The van der Waals surface area contributed by atoms with Crippen molar-refractivity contribution in [2.45, 2.75) is 13.5 Å². The van der Waals surface area contributed by atoms with Gasteiger partial charge in [-0.2, -0.15) is 0 Å². The smallest absolute Gasteiger partial charge is 0.251 e. The number of aromatic amines is 1. The number of nitrogens with one attached hydrogen (secondary N) is 1. The highest BCUT2D eigenvalue weighted by Crippen LogP contribution is 2.14. The largest absolute Gasteiger partial charge is 0.488 e. The van der Waals surface area contributed by atoms with E-state index in [0.29, 0.717) is 12.4 Å². The molecule has 0 fully saturated rings. The molecule has 0 radical (unpaired) electrons. The van der Waals surface area contributed by atoms with E-state index in [0.717, 1.165) is 11.1 Å². The molecule has 0 amide bonds. The van der Waals surface area contributed by atoms with Gasteiger partial charge in [-0.1, -0.05) is 30.3 Å². The summed E-state index contributed by atoms with van der Waals surface area (Å²) in [6, 6.07) is 11.3. The summed E-state index contributed by atoms with van der Waals surface area (Å²) in [6.45, 7) is 2.38. The van der Waals surface area contributed by atoms with Gasteiger partial charge in [-0.25, -0.2) is 0 Å². The van der Waals surface area contributed by atoms with Gasteiger partial charge in [0.15, 0.2) is 0 Å². The van der Waals surface area contributed by atoms with Crippen molar-refractivity contribution >= 4 is 0 Å². The Bertz CT molecular complexity index is 517. The van der Waals surface area contributed by atoms with E-state index in [1.165, 1.54) is 6.07 Å². The Morgan fingerprint density at radius 3 is 2.75 bits per heavy atom. The minimum absolute atomic E-state index is 0.145. The summed E-state index contributed by atoms with van der Waals surface area (Å²) in [6.07, 6.45) is 1.66. The van der Waals surface area contributed by atoms with Crippen LogP contribution in [0.25, 0.3) is 0 Å². The van der Waals surface area contributed by atoms with Gasteiger partial charge in [-0.3, -0.25) is 4.79 Å². The van der Waals surface area contributed by atoms with Crippen LogP contribution in [0.3, 0.4) is 0 Å². The lowest BCUT2D eigenvalue weighted by Crippen LogP contribution is -2.06. The summed E-state index contributed by atoms with van der Waals surface area (Å²) in [7, 11) is 0. The molecule has 0 bridgehead atoms. The summed E-state index contributed by atoms with van der Waals surface area (Å²) < 4.78 is 5.58. The number of H-pyrrole nitrogens is 1. The van der Waals surface area contributed by atoms with E-state index in [2.05, 4.69) is 4.98 Å². The molecule has 82 valence electrons. The third kappa shape index (κ3) is 2.51. The van der Waals surface area contributed by atoms with E-state index in [4.69, 9.17) is 4.74 Å². The zero-order valence-electron chi connectivity index (χ0n) is 9.07. The molecule has 3 heteroatoms. The average molecular weight is 215 g/mol. The van der Waals surface area contributed by atoms with E-state index >= 15 is 0 Å². The third-order valence-electron chi connectivity index (χ3n) is 2.32. The SMILES string of the molecule is Cc1c[nH]c(=O)cc1OCc1ccccc1. The normalized spacial score (nSPS) is 10.1. The summed E-state index contributed by atoms with van der Waals surface area (Å²) in [4.78, 5) is 13.7. The van der Waals surface area contributed by atoms with Crippen LogP contribution >= 0.6 is 0 Å². The minimum Gasteiger partial charge on any atom is -0.488 e. The Hall–Kier alpha value is -2.03. The molecule has 3 nitrogen and oxygen atoms in total. The Labute approximate surface area is 93.7 Å². The Morgan fingerprint density at radius 2 is 2.00 bits per heavy atom. The van der Waals surface area contributed by atoms with Crippen molar-refractivity contribution in [2.75, 3.05) is 0 Å². The molecule has 0 spiro atoms. The summed E-state index contributed by atoms with van der Waals surface area (Å²) >= 11 is 0. The summed E-state index contributed by atoms with van der Waals surface area (Å²) in [5.41, 5.74) is 1.87. The standard InChI is InChI=1S/C13H13NO2/c1-10-8-14-13(15)7-12(10)16-9-11-5-3-2-4-6-11/h2-8H,9H2,1H3,(H,14,15). The zero-order valence-corrected chi connectivity index (χ0v) is 9.07. The Balaban J connectivity index is 2.10. The lowest BCUT2D eigenvalue weighted by molar-refractivity contribution is 0.303. The topological polar surface area (TPSA) is 42.1 Å². The monoisotopic (exact) mass is 215 g/mol. The minimum atomic E-state index is -0.145. The third-order valence-corrected chi connectivity index (χ3v) is 2.32. The first-order valence-corrected chi connectivity index (χ1v) is 5.12. The number of hydrogen-bond donors (Lipinski definition) is 1. The van der Waals surface area contributed by atoms with Gasteiger partial charge in [-0.15, -0.1) is 0 Å². The van der Waals surface area contributed by atoms with E-state index in [1.807, 2.05) is 37.3 Å². The van der Waals surface area contributed by atoms with Crippen LogP contribution in [0.15, 0.2) is 47.4 Å². The van der Waals surface area contributed by atoms with Gasteiger partial charge in [0.05, 0.1) is 0 Å². The molecule has 0 saturated heterocycles. The van der Waals surface area contributed by atoms with Crippen molar-refractivity contribution in [3.05, 3.63) is 64.1 Å². The van der Waals surface area contributed by atoms with Crippen LogP contribution in [-0.4, -0.2) is 4.98 Å². The fourth-order valence-corrected chi connectivity index (χ4v) is 1.42. The molecule has 1 N–H and O–H groups in total. The predicted octanol–water partition coefficient (Wildman–Crippen LogP) is 2.26. The van der Waals surface area contributed by atoms with Crippen molar-refractivity contribution in [3.63, 3.8) is 0 Å². The second kappa shape index (κ2) is 4.66. The number of aryl methyl sites for hydroxylation is 1. The maximum absolute atomic E-state index is 11.1. The fourth-order valence-electron chi connectivity index (χ4n) is 1.42. The van der Waals surface area contributed by atoms with E-state index in [-0.39, 0.29) is 5.56 Å². The Morgan fingerprint density at radius 1 is 1.25 bits per heavy atom. The first kappa shape index (κ1) is 10.5. The second-order valence-corrected chi connectivity index (χ2v) is 3.62. The number of pyridine rings is 1. The van der Waals surface area contributed by atoms with Crippen molar-refractivity contribution in [1.82, 2.24) is 4.98 Å². The molecule has 16 heavy (non-hydrogen) atoms. The first-order chi connectivity index (χ1) is 7.75. The van der Waals surface area contributed by atoms with Crippen LogP contribution < -0.4 is 10.3 Å². The van der Waals surface area contributed by atoms with E-state index in [9.17, 15) is 4.79 Å². The molecule has 0 atom stereocenters. The number of ether oxygens (including phenoxy) is 1. The van der Waals surface area contributed by atoms with Gasteiger partial charge in [0.1, 0.15) is 12.4 Å². The van der Waals surface area contributed by atoms with Crippen LogP contribution in [-0.2, 0) is 6.61 Å². The fraction of sp³-hybridized carbons (Fsp3) is 0.154. The van der Waals surface area contributed by atoms with Crippen LogP contribution in [0.5, 0.6) is 5.75 Å². The number of benzene rings is 1. The van der Waals surface area contributed by atoms with Gasteiger partial charge < -0.3 is 9.72 Å². The molecule has 1 heterocycles. The highest BCUT2D eigenvalue weighted by molar-refractivity contribution is 5.28. The van der Waals surface area contributed by atoms with E-state index < -0.39 is 0 Å². The zero-order chi connectivity index (χ0) is 11.4. The molecule has 1 aromatic heterocycles. The van der Waals surface area contributed by atoms with Gasteiger partial charge in [0.2, 0.25) is 0 Å². The number of hydrogen-bond acceptors (Lipinski definition) is 2. The predicted molar refractivity (Wildman–Crippen MR) is 62.6 cm³/mol. The van der Waals surface area contributed by atoms with Gasteiger partial charge in [0, 0.05) is 17.8 Å². The van der Waals surface area contributed by atoms with E-state index in [1.54, 1.807) is 6.20 Å². The lowest BCUT2D eigenvalue weighted by Gasteiger charge is -2.07. The highest BCUT2D eigenvalue weighted by Gasteiger charge is 2.00. The molecule has 2 rings (SSSR count). The van der Waals surface area contributed by atoms with Gasteiger partial charge in [-0.05, 0) is 12.5 Å². The van der Waals surface area contributed by atoms with Crippen LogP contribution in [0.4, 0.5) is 0 Å². The molecular weight excluding hydrogens is 202 g/mol. The van der Waals surface area contributed by atoms with Crippen LogP contribution in [0, 0.1) is 6.92 Å². The second-order valence-electron chi connectivity index (χ2n) is 3.62. The van der Waals surface area contributed by atoms with Crippen molar-refractivity contribution in [1.29, 1.82) is 0 Å². The molecule has 0 unspecified atom stereocenters.